The fourth-order valence-corrected chi connectivity index (χ4v) is 1.91. The fourth-order valence-electron chi connectivity index (χ4n) is 1.37. The molecule has 1 aromatic carbocycles. The van der Waals surface area contributed by atoms with E-state index in [4.69, 9.17) is 4.74 Å². The minimum absolute atomic E-state index is 0.307. The molecule has 16 heavy (non-hydrogen) atoms. The van der Waals surface area contributed by atoms with E-state index in [1.54, 1.807) is 11.8 Å². The van der Waals surface area contributed by atoms with Crippen LogP contribution in [0.15, 0.2) is 29.2 Å². The van der Waals surface area contributed by atoms with Gasteiger partial charge in [0.2, 0.25) is 0 Å². The molecule has 3 heteroatoms. The maximum absolute atomic E-state index is 11.1. The molecule has 0 heterocycles. The number of ketones is 1. The molecular weight excluding hydrogens is 220 g/mol. The summed E-state index contributed by atoms with van der Waals surface area (Å²) in [6.45, 7) is 2.51. The van der Waals surface area contributed by atoms with Gasteiger partial charge in [-0.2, -0.15) is 0 Å². The number of carbonyl (C=O) groups excluding carboxylic acids is 1. The molecular formula is C13H18O2S. The summed E-state index contributed by atoms with van der Waals surface area (Å²) in [6.07, 6.45) is 4.08. The van der Waals surface area contributed by atoms with Crippen LogP contribution in [0.2, 0.25) is 0 Å². The molecule has 1 rings (SSSR count). The lowest BCUT2D eigenvalue weighted by Crippen LogP contribution is -2.02. The third-order valence-electron chi connectivity index (χ3n) is 2.32. The molecule has 0 aliphatic carbocycles. The van der Waals surface area contributed by atoms with E-state index in [1.165, 1.54) is 0 Å². The molecule has 0 unspecified atom stereocenters. The Bertz CT molecular complexity index is 336. The molecule has 88 valence electrons. The Hall–Kier alpha value is -0.960. The van der Waals surface area contributed by atoms with Crippen LogP contribution in [0, 0.1) is 0 Å². The summed E-state index contributed by atoms with van der Waals surface area (Å²) >= 11 is 1.67. The van der Waals surface area contributed by atoms with E-state index in [0.717, 1.165) is 17.1 Å². The first kappa shape index (κ1) is 13.1. The minimum atomic E-state index is 0.307. The van der Waals surface area contributed by atoms with E-state index in [-0.39, 0.29) is 0 Å². The van der Waals surface area contributed by atoms with Crippen LogP contribution in [0.4, 0.5) is 0 Å². The fraction of sp³-hybridized carbons (Fsp3) is 0.462. The Labute approximate surface area is 101 Å². The van der Waals surface area contributed by atoms with Crippen LogP contribution in [-0.4, -0.2) is 18.6 Å². The van der Waals surface area contributed by atoms with Crippen molar-refractivity contribution in [3.8, 4) is 5.75 Å². The molecule has 0 amide bonds. The van der Waals surface area contributed by atoms with E-state index in [9.17, 15) is 4.79 Å². The smallest absolute Gasteiger partial charge is 0.132 e. The van der Waals surface area contributed by atoms with Gasteiger partial charge >= 0.3 is 0 Å². The van der Waals surface area contributed by atoms with Crippen LogP contribution < -0.4 is 4.74 Å². The highest BCUT2D eigenvalue weighted by Gasteiger charge is 2.02. The van der Waals surface area contributed by atoms with E-state index >= 15 is 0 Å². The predicted molar refractivity (Wildman–Crippen MR) is 68.3 cm³/mol. The average molecular weight is 238 g/mol. The zero-order valence-corrected chi connectivity index (χ0v) is 10.7. The monoisotopic (exact) mass is 238 g/mol. The standard InChI is InChI=1S/C13H18O2S/c1-3-11(14)7-6-10-15-12-8-4-5-9-13(12)16-2/h4-5,8-9H,3,6-7,10H2,1-2H3. The number of Topliss-reactive ketones (excluding diaryl/α,β-unsaturated/α-hetero) is 1. The highest BCUT2D eigenvalue weighted by molar-refractivity contribution is 7.98. The first-order valence-corrected chi connectivity index (χ1v) is 6.78. The molecule has 1 aromatic rings. The van der Waals surface area contributed by atoms with Crippen molar-refractivity contribution in [2.75, 3.05) is 12.9 Å². The van der Waals surface area contributed by atoms with Crippen molar-refractivity contribution in [2.24, 2.45) is 0 Å². The van der Waals surface area contributed by atoms with Gasteiger partial charge in [0.1, 0.15) is 11.5 Å². The number of thioether (sulfide) groups is 1. The van der Waals surface area contributed by atoms with Gasteiger partial charge in [-0.3, -0.25) is 4.79 Å². The van der Waals surface area contributed by atoms with Crippen molar-refractivity contribution >= 4 is 17.5 Å². The lowest BCUT2D eigenvalue weighted by Gasteiger charge is -2.09. The van der Waals surface area contributed by atoms with Crippen molar-refractivity contribution < 1.29 is 9.53 Å². The van der Waals surface area contributed by atoms with E-state index in [0.29, 0.717) is 25.2 Å². The Morgan fingerprint density at radius 3 is 2.81 bits per heavy atom. The maximum Gasteiger partial charge on any atom is 0.132 e. The molecule has 0 aromatic heterocycles. The number of hydrogen-bond donors (Lipinski definition) is 0. The minimum Gasteiger partial charge on any atom is -0.492 e. The number of benzene rings is 1. The summed E-state index contributed by atoms with van der Waals surface area (Å²) in [5.41, 5.74) is 0. The van der Waals surface area contributed by atoms with E-state index in [1.807, 2.05) is 37.4 Å². The second-order valence-electron chi connectivity index (χ2n) is 3.50. The SMILES string of the molecule is CCC(=O)CCCOc1ccccc1SC. The van der Waals surface area contributed by atoms with Gasteiger partial charge < -0.3 is 4.74 Å². The van der Waals surface area contributed by atoms with Crippen LogP contribution in [0.3, 0.4) is 0 Å². The van der Waals surface area contributed by atoms with Crippen LogP contribution in [-0.2, 0) is 4.79 Å². The summed E-state index contributed by atoms with van der Waals surface area (Å²) in [6, 6.07) is 7.97. The largest absolute Gasteiger partial charge is 0.492 e. The molecule has 0 aliphatic rings. The first-order chi connectivity index (χ1) is 7.77. The third-order valence-corrected chi connectivity index (χ3v) is 3.10. The van der Waals surface area contributed by atoms with E-state index in [2.05, 4.69) is 0 Å². The summed E-state index contributed by atoms with van der Waals surface area (Å²) in [4.78, 5) is 12.2. The molecule has 0 aliphatic heterocycles. The molecule has 0 atom stereocenters. The van der Waals surface area contributed by atoms with Gasteiger partial charge in [0.05, 0.1) is 6.61 Å². The number of hydrogen-bond acceptors (Lipinski definition) is 3. The van der Waals surface area contributed by atoms with Crippen LogP contribution >= 0.6 is 11.8 Å². The molecule has 0 radical (unpaired) electrons. The molecule has 0 saturated heterocycles. The van der Waals surface area contributed by atoms with Crippen LogP contribution in [0.5, 0.6) is 5.75 Å². The van der Waals surface area contributed by atoms with Gasteiger partial charge in [-0.05, 0) is 24.8 Å². The zero-order valence-electron chi connectivity index (χ0n) is 9.86. The molecule has 2 nitrogen and oxygen atoms in total. The number of para-hydroxylation sites is 1. The summed E-state index contributed by atoms with van der Waals surface area (Å²) < 4.78 is 5.65. The molecule has 0 fully saturated rings. The van der Waals surface area contributed by atoms with Crippen molar-refractivity contribution in [1.29, 1.82) is 0 Å². The van der Waals surface area contributed by atoms with Crippen molar-refractivity contribution in [3.63, 3.8) is 0 Å². The Kier molecular flexibility index (Phi) is 6.01. The number of rotatable bonds is 7. The lowest BCUT2D eigenvalue weighted by atomic mass is 10.2. The van der Waals surface area contributed by atoms with Gasteiger partial charge in [-0.1, -0.05) is 19.1 Å². The Balaban J connectivity index is 2.34. The summed E-state index contributed by atoms with van der Waals surface area (Å²) in [7, 11) is 0. The van der Waals surface area contributed by atoms with Crippen molar-refractivity contribution in [2.45, 2.75) is 31.1 Å². The molecule has 0 saturated carbocycles. The topological polar surface area (TPSA) is 26.3 Å². The van der Waals surface area contributed by atoms with Gasteiger partial charge in [-0.15, -0.1) is 11.8 Å². The molecule has 0 spiro atoms. The molecule has 0 bridgehead atoms. The quantitative estimate of drug-likeness (QED) is 0.537. The van der Waals surface area contributed by atoms with Gasteiger partial charge in [0.25, 0.3) is 0 Å². The Morgan fingerprint density at radius 2 is 2.12 bits per heavy atom. The highest BCUT2D eigenvalue weighted by atomic mass is 32.2. The first-order valence-electron chi connectivity index (χ1n) is 5.55. The van der Waals surface area contributed by atoms with Crippen molar-refractivity contribution in [1.82, 2.24) is 0 Å². The normalized spacial score (nSPS) is 10.1. The maximum atomic E-state index is 11.1. The molecule has 0 N–H and O–H groups in total. The van der Waals surface area contributed by atoms with Gasteiger partial charge in [-0.25, -0.2) is 0 Å². The number of carbonyl (C=O) groups is 1. The third kappa shape index (κ3) is 4.27. The lowest BCUT2D eigenvalue weighted by molar-refractivity contribution is -0.118. The zero-order chi connectivity index (χ0) is 11.8. The summed E-state index contributed by atoms with van der Waals surface area (Å²) in [5, 5.41) is 0. The van der Waals surface area contributed by atoms with Crippen molar-refractivity contribution in [3.05, 3.63) is 24.3 Å². The second-order valence-corrected chi connectivity index (χ2v) is 4.34. The van der Waals surface area contributed by atoms with Gasteiger partial charge in [0.15, 0.2) is 0 Å². The Morgan fingerprint density at radius 1 is 1.38 bits per heavy atom. The van der Waals surface area contributed by atoms with Crippen LogP contribution in [0.1, 0.15) is 26.2 Å². The van der Waals surface area contributed by atoms with Gasteiger partial charge in [0, 0.05) is 17.7 Å². The average Bonchev–Trinajstić information content (AvgIpc) is 2.34. The van der Waals surface area contributed by atoms with E-state index < -0.39 is 0 Å². The predicted octanol–water partition coefficient (Wildman–Crippen LogP) is 3.55. The number of ether oxygens (including phenoxy) is 1. The highest BCUT2D eigenvalue weighted by Crippen LogP contribution is 2.26. The summed E-state index contributed by atoms with van der Waals surface area (Å²) in [5.74, 6) is 1.22. The second kappa shape index (κ2) is 7.34. The van der Waals surface area contributed by atoms with Crippen LogP contribution in [0.25, 0.3) is 0 Å².